The Morgan fingerprint density at radius 3 is 2.93 bits per heavy atom. The zero-order valence-electron chi connectivity index (χ0n) is 15.7. The standard InChI is InChI=1S/C18H23BrN6O3/c1-3-4-5-8-25-14-15(24(2)18(28)22-16(14)27)21-17(25)23-20-10-11-9-12(19)6-7-13(11)26/h6-7,9-10,14-15,26H,3-5,8H2,1-2H3,(H,21,23)(H,22,27,28)/b20-10-. The molecule has 2 aliphatic rings. The predicted octanol–water partition coefficient (Wildman–Crippen LogP) is 1.82. The summed E-state index contributed by atoms with van der Waals surface area (Å²) in [5.74, 6) is 0.160. The predicted molar refractivity (Wildman–Crippen MR) is 109 cm³/mol. The van der Waals surface area contributed by atoms with Crippen LogP contribution in [0.4, 0.5) is 4.79 Å². The molecule has 0 bridgehead atoms. The second kappa shape index (κ2) is 8.59. The van der Waals surface area contributed by atoms with Gasteiger partial charge in [0, 0.05) is 23.6 Å². The number of halogens is 1. The number of carbonyl (C=O) groups is 2. The van der Waals surface area contributed by atoms with Crippen molar-refractivity contribution in [1.29, 1.82) is 0 Å². The molecule has 3 N–H and O–H groups in total. The molecule has 9 nitrogen and oxygen atoms in total. The molecule has 0 spiro atoms. The van der Waals surface area contributed by atoms with Gasteiger partial charge < -0.3 is 14.9 Å². The average Bonchev–Trinajstić information content (AvgIpc) is 3.02. The van der Waals surface area contributed by atoms with Crippen molar-refractivity contribution in [3.8, 4) is 5.75 Å². The number of hydrogen-bond acceptors (Lipinski definition) is 7. The van der Waals surface area contributed by atoms with Crippen LogP contribution in [0.2, 0.25) is 0 Å². The highest BCUT2D eigenvalue weighted by Crippen LogP contribution is 2.24. The van der Waals surface area contributed by atoms with Gasteiger partial charge in [0.25, 0.3) is 5.91 Å². The molecule has 1 fully saturated rings. The molecule has 150 valence electrons. The van der Waals surface area contributed by atoms with Crippen molar-refractivity contribution in [3.63, 3.8) is 0 Å². The van der Waals surface area contributed by atoms with Gasteiger partial charge in [0.1, 0.15) is 5.75 Å². The number of amides is 3. The van der Waals surface area contributed by atoms with E-state index < -0.39 is 18.2 Å². The maximum Gasteiger partial charge on any atom is 0.325 e. The van der Waals surface area contributed by atoms with Gasteiger partial charge in [-0.25, -0.2) is 15.2 Å². The Kier molecular flexibility index (Phi) is 6.18. The van der Waals surface area contributed by atoms with Crippen LogP contribution in [-0.4, -0.2) is 64.8 Å². The molecule has 2 aliphatic heterocycles. The molecular weight excluding hydrogens is 428 g/mol. The van der Waals surface area contributed by atoms with Crippen LogP contribution in [0.5, 0.6) is 5.75 Å². The lowest BCUT2D eigenvalue weighted by atomic mass is 10.1. The third-order valence-corrected chi connectivity index (χ3v) is 5.21. The maximum absolute atomic E-state index is 12.4. The molecule has 0 aromatic heterocycles. The van der Waals surface area contributed by atoms with Gasteiger partial charge in [-0.2, -0.15) is 5.10 Å². The SMILES string of the molecule is CCCCCN1C(N/N=C\c2cc(Br)ccc2O)=NC2C1C(=O)NC(=O)N2C. The second-order valence-corrected chi connectivity index (χ2v) is 7.61. The van der Waals surface area contributed by atoms with Gasteiger partial charge in [-0.3, -0.25) is 10.1 Å². The summed E-state index contributed by atoms with van der Waals surface area (Å²) in [7, 11) is 1.61. The maximum atomic E-state index is 12.4. The fraction of sp³-hybridized carbons (Fsp3) is 0.444. The van der Waals surface area contributed by atoms with Crippen molar-refractivity contribution in [2.45, 2.75) is 38.4 Å². The summed E-state index contributed by atoms with van der Waals surface area (Å²) in [6.07, 6.45) is 3.84. The second-order valence-electron chi connectivity index (χ2n) is 6.69. The number of guanidine groups is 1. The van der Waals surface area contributed by atoms with Crippen LogP contribution < -0.4 is 10.7 Å². The summed E-state index contributed by atoms with van der Waals surface area (Å²) >= 11 is 3.35. The van der Waals surface area contributed by atoms with Crippen molar-refractivity contribution in [2.75, 3.05) is 13.6 Å². The zero-order chi connectivity index (χ0) is 20.3. The van der Waals surface area contributed by atoms with E-state index >= 15 is 0 Å². The van der Waals surface area contributed by atoms with Crippen molar-refractivity contribution in [3.05, 3.63) is 28.2 Å². The van der Waals surface area contributed by atoms with E-state index in [1.165, 1.54) is 11.1 Å². The van der Waals surface area contributed by atoms with Gasteiger partial charge in [0.05, 0.1) is 6.21 Å². The quantitative estimate of drug-likeness (QED) is 0.347. The number of phenolic OH excluding ortho intramolecular Hbond substituents is 1. The smallest absolute Gasteiger partial charge is 0.325 e. The van der Waals surface area contributed by atoms with E-state index in [0.29, 0.717) is 18.1 Å². The van der Waals surface area contributed by atoms with Gasteiger partial charge in [0.2, 0.25) is 5.96 Å². The van der Waals surface area contributed by atoms with E-state index in [-0.39, 0.29) is 11.7 Å². The molecule has 2 heterocycles. The van der Waals surface area contributed by atoms with E-state index in [2.05, 4.69) is 43.7 Å². The Morgan fingerprint density at radius 1 is 1.39 bits per heavy atom. The number of urea groups is 1. The van der Waals surface area contributed by atoms with E-state index in [9.17, 15) is 14.7 Å². The molecule has 0 aliphatic carbocycles. The lowest BCUT2D eigenvalue weighted by Gasteiger charge is -2.36. The Balaban J connectivity index is 1.79. The number of nitrogens with zero attached hydrogens (tertiary/aromatic N) is 4. The summed E-state index contributed by atoms with van der Waals surface area (Å²) in [5.41, 5.74) is 3.40. The number of hydrogen-bond donors (Lipinski definition) is 3. The number of aliphatic imine (C=N–C) groups is 1. The number of carbonyl (C=O) groups excluding carboxylic acids is 2. The average molecular weight is 451 g/mol. The minimum Gasteiger partial charge on any atom is -0.507 e. The molecule has 2 atom stereocenters. The van der Waals surface area contributed by atoms with E-state index in [1.54, 1.807) is 25.2 Å². The Morgan fingerprint density at radius 2 is 2.18 bits per heavy atom. The number of nitrogens with one attached hydrogen (secondary N) is 2. The highest BCUT2D eigenvalue weighted by atomic mass is 79.9. The van der Waals surface area contributed by atoms with Gasteiger partial charge in [-0.05, 0) is 24.6 Å². The highest BCUT2D eigenvalue weighted by molar-refractivity contribution is 9.10. The third kappa shape index (κ3) is 4.11. The summed E-state index contributed by atoms with van der Waals surface area (Å²) in [6.45, 7) is 2.72. The van der Waals surface area contributed by atoms with Crippen LogP contribution in [0.15, 0.2) is 32.8 Å². The number of aromatic hydroxyl groups is 1. The normalized spacial score (nSPS) is 21.8. The van der Waals surface area contributed by atoms with Crippen molar-refractivity contribution in [1.82, 2.24) is 20.5 Å². The highest BCUT2D eigenvalue weighted by Gasteiger charge is 2.48. The molecule has 10 heteroatoms. The number of rotatable bonds is 6. The summed E-state index contributed by atoms with van der Waals surface area (Å²) in [5, 5.41) is 16.4. The lowest BCUT2D eigenvalue weighted by molar-refractivity contribution is -0.127. The number of phenols is 1. The monoisotopic (exact) mass is 450 g/mol. The number of hydrazone groups is 1. The Bertz CT molecular complexity index is 828. The van der Waals surface area contributed by atoms with Gasteiger partial charge >= 0.3 is 6.03 Å². The molecule has 3 rings (SSSR count). The molecule has 0 radical (unpaired) electrons. The minimum absolute atomic E-state index is 0.0975. The van der Waals surface area contributed by atoms with E-state index in [0.717, 1.165) is 23.7 Å². The number of unbranched alkanes of at least 4 members (excludes halogenated alkanes) is 2. The van der Waals surface area contributed by atoms with Crippen LogP contribution in [-0.2, 0) is 4.79 Å². The topological polar surface area (TPSA) is 110 Å². The Labute approximate surface area is 171 Å². The molecule has 2 unspecified atom stereocenters. The molecule has 3 amide bonds. The number of fused-ring (bicyclic) bond motifs is 1. The first kappa shape index (κ1) is 20.1. The van der Waals surface area contributed by atoms with Crippen molar-refractivity contribution in [2.24, 2.45) is 10.1 Å². The van der Waals surface area contributed by atoms with Crippen molar-refractivity contribution < 1.29 is 14.7 Å². The van der Waals surface area contributed by atoms with Crippen LogP contribution in [0.3, 0.4) is 0 Å². The first-order valence-corrected chi connectivity index (χ1v) is 9.91. The molecule has 28 heavy (non-hydrogen) atoms. The zero-order valence-corrected chi connectivity index (χ0v) is 17.3. The fourth-order valence-corrected chi connectivity index (χ4v) is 3.56. The largest absolute Gasteiger partial charge is 0.507 e. The van der Waals surface area contributed by atoms with E-state index in [4.69, 9.17) is 0 Å². The number of benzene rings is 1. The first-order chi connectivity index (χ1) is 13.4. The molecule has 1 aromatic carbocycles. The number of likely N-dealkylation sites (N-methyl/N-ethyl adjacent to an activating group) is 1. The van der Waals surface area contributed by atoms with Gasteiger partial charge in [0.15, 0.2) is 12.2 Å². The summed E-state index contributed by atoms with van der Waals surface area (Å²) < 4.78 is 0.814. The summed E-state index contributed by atoms with van der Waals surface area (Å²) in [4.78, 5) is 32.1. The third-order valence-electron chi connectivity index (χ3n) is 4.72. The van der Waals surface area contributed by atoms with E-state index in [1.807, 2.05) is 4.90 Å². The van der Waals surface area contributed by atoms with Crippen LogP contribution >= 0.6 is 15.9 Å². The molecule has 1 aromatic rings. The van der Waals surface area contributed by atoms with Gasteiger partial charge in [-0.15, -0.1) is 0 Å². The fourth-order valence-electron chi connectivity index (χ4n) is 3.18. The van der Waals surface area contributed by atoms with Gasteiger partial charge in [-0.1, -0.05) is 35.7 Å². The minimum atomic E-state index is -0.597. The van der Waals surface area contributed by atoms with Crippen molar-refractivity contribution >= 4 is 40.0 Å². The lowest BCUT2D eigenvalue weighted by Crippen LogP contribution is -2.64. The van der Waals surface area contributed by atoms with Crippen LogP contribution in [0.1, 0.15) is 31.7 Å². The molecule has 1 saturated heterocycles. The Hall–Kier alpha value is -2.62. The van der Waals surface area contributed by atoms with Crippen LogP contribution in [0, 0.1) is 0 Å². The van der Waals surface area contributed by atoms with Crippen LogP contribution in [0.25, 0.3) is 0 Å². The number of imide groups is 1. The summed E-state index contributed by atoms with van der Waals surface area (Å²) in [6, 6.07) is 3.97. The molecule has 0 saturated carbocycles. The first-order valence-electron chi connectivity index (χ1n) is 9.12. The molecular formula is C18H23BrN6O3.